The van der Waals surface area contributed by atoms with E-state index in [0.29, 0.717) is 6.42 Å². The number of hydrogen-bond acceptors (Lipinski definition) is 1. The van der Waals surface area contributed by atoms with E-state index in [4.69, 9.17) is 5.26 Å². The third-order valence-electron chi connectivity index (χ3n) is 1.66. The lowest BCUT2D eigenvalue weighted by atomic mass is 10.1. The first-order chi connectivity index (χ1) is 3.83. The van der Waals surface area contributed by atoms with Gasteiger partial charge in [-0.1, -0.05) is 0 Å². The fourth-order valence-electron chi connectivity index (χ4n) is 0.749. The van der Waals surface area contributed by atoms with Crippen molar-refractivity contribution in [2.75, 3.05) is 6.67 Å². The van der Waals surface area contributed by atoms with Crippen molar-refractivity contribution in [3.8, 4) is 6.07 Å². The monoisotopic (exact) mass is 113 g/mol. The van der Waals surface area contributed by atoms with Crippen LogP contribution in [0.15, 0.2) is 0 Å². The maximum absolute atomic E-state index is 11.6. The van der Waals surface area contributed by atoms with Crippen molar-refractivity contribution >= 4 is 0 Å². The van der Waals surface area contributed by atoms with Crippen molar-refractivity contribution in [2.24, 2.45) is 5.41 Å². The van der Waals surface area contributed by atoms with Crippen LogP contribution in [0.3, 0.4) is 0 Å². The van der Waals surface area contributed by atoms with Gasteiger partial charge in [0.2, 0.25) is 0 Å². The largest absolute Gasteiger partial charge is 0.251 e. The summed E-state index contributed by atoms with van der Waals surface area (Å²) in [6.45, 7) is -0.340. The minimum absolute atomic E-state index is 0.227. The van der Waals surface area contributed by atoms with Gasteiger partial charge in [-0.3, -0.25) is 4.39 Å². The van der Waals surface area contributed by atoms with Crippen molar-refractivity contribution in [3.63, 3.8) is 0 Å². The van der Waals surface area contributed by atoms with Crippen LogP contribution < -0.4 is 0 Å². The first-order valence-electron chi connectivity index (χ1n) is 2.80. The molecule has 44 valence electrons. The first-order valence-corrected chi connectivity index (χ1v) is 2.80. The molecule has 0 radical (unpaired) electrons. The van der Waals surface area contributed by atoms with Crippen molar-refractivity contribution in [2.45, 2.75) is 19.3 Å². The molecular formula is C6H8FN. The highest BCUT2D eigenvalue weighted by molar-refractivity contribution is 5.09. The van der Waals surface area contributed by atoms with Crippen molar-refractivity contribution in [1.29, 1.82) is 5.26 Å². The molecule has 1 rings (SSSR count). The molecule has 1 aliphatic rings. The molecule has 2 heteroatoms. The van der Waals surface area contributed by atoms with Crippen molar-refractivity contribution in [1.82, 2.24) is 0 Å². The lowest BCUT2D eigenvalue weighted by Crippen LogP contribution is -1.95. The van der Waals surface area contributed by atoms with Crippen LogP contribution in [0.5, 0.6) is 0 Å². The maximum Gasteiger partial charge on any atom is 0.0909 e. The van der Waals surface area contributed by atoms with Gasteiger partial charge in [-0.2, -0.15) is 5.26 Å². The van der Waals surface area contributed by atoms with Gasteiger partial charge in [0, 0.05) is 0 Å². The number of rotatable bonds is 2. The summed E-state index contributed by atoms with van der Waals surface area (Å²) >= 11 is 0. The molecule has 0 bridgehead atoms. The van der Waals surface area contributed by atoms with Gasteiger partial charge in [-0.15, -0.1) is 0 Å². The molecule has 0 aromatic heterocycles. The van der Waals surface area contributed by atoms with Gasteiger partial charge in [0.25, 0.3) is 0 Å². The molecule has 0 aromatic carbocycles. The quantitative estimate of drug-likeness (QED) is 0.534. The van der Waals surface area contributed by atoms with E-state index < -0.39 is 0 Å². The minimum atomic E-state index is -0.340. The summed E-state index contributed by atoms with van der Waals surface area (Å²) in [6, 6.07) is 2.11. The lowest BCUT2D eigenvalue weighted by Gasteiger charge is -1.96. The minimum Gasteiger partial charge on any atom is -0.251 e. The zero-order valence-corrected chi connectivity index (χ0v) is 4.65. The summed E-state index contributed by atoms with van der Waals surface area (Å²) in [5.41, 5.74) is -0.227. The number of hydrogen-bond donors (Lipinski definition) is 0. The molecule has 0 heterocycles. The third-order valence-corrected chi connectivity index (χ3v) is 1.66. The molecule has 1 fully saturated rings. The Morgan fingerprint density at radius 2 is 2.25 bits per heavy atom. The molecule has 0 amide bonds. The highest BCUT2D eigenvalue weighted by atomic mass is 19.1. The molecule has 0 N–H and O–H groups in total. The van der Waals surface area contributed by atoms with Gasteiger partial charge in [-0.25, -0.2) is 0 Å². The summed E-state index contributed by atoms with van der Waals surface area (Å²) in [4.78, 5) is 0. The Hall–Kier alpha value is -0.580. The Balaban J connectivity index is 2.33. The van der Waals surface area contributed by atoms with Crippen LogP contribution in [0, 0.1) is 16.7 Å². The highest BCUT2D eigenvalue weighted by Crippen LogP contribution is 2.47. The number of halogens is 1. The number of nitrogens with zero attached hydrogens (tertiary/aromatic N) is 1. The molecule has 0 spiro atoms. The summed E-state index contributed by atoms with van der Waals surface area (Å²) in [6.07, 6.45) is 2.27. The van der Waals surface area contributed by atoms with Crippen molar-refractivity contribution < 1.29 is 4.39 Å². The Morgan fingerprint density at radius 3 is 2.38 bits per heavy atom. The molecule has 1 saturated carbocycles. The smallest absolute Gasteiger partial charge is 0.0909 e. The van der Waals surface area contributed by atoms with Crippen LogP contribution in [0.4, 0.5) is 4.39 Å². The summed E-state index contributed by atoms with van der Waals surface area (Å²) in [5.74, 6) is 0. The Labute approximate surface area is 48.1 Å². The second-order valence-electron chi connectivity index (χ2n) is 2.33. The molecule has 0 unspecified atom stereocenters. The molecular weight excluding hydrogens is 105 g/mol. The van der Waals surface area contributed by atoms with Gasteiger partial charge >= 0.3 is 0 Å². The molecule has 0 aromatic rings. The molecule has 0 saturated heterocycles. The fourth-order valence-corrected chi connectivity index (χ4v) is 0.749. The normalized spacial score (nSPS) is 22.0. The summed E-state index contributed by atoms with van der Waals surface area (Å²) in [5, 5.41) is 8.37. The van der Waals surface area contributed by atoms with Crippen molar-refractivity contribution in [3.05, 3.63) is 0 Å². The van der Waals surface area contributed by atoms with E-state index in [0.717, 1.165) is 12.8 Å². The van der Waals surface area contributed by atoms with Gasteiger partial charge in [0.05, 0.1) is 18.2 Å². The summed E-state index contributed by atoms with van der Waals surface area (Å²) in [7, 11) is 0. The zero-order valence-electron chi connectivity index (χ0n) is 4.65. The van der Waals surface area contributed by atoms with Gasteiger partial charge in [0.15, 0.2) is 0 Å². The fraction of sp³-hybridized carbons (Fsp3) is 0.833. The standard InChI is InChI=1S/C6H8FN/c7-4-3-6(5-8)1-2-6/h1-4H2. The van der Waals surface area contributed by atoms with E-state index in [1.54, 1.807) is 0 Å². The highest BCUT2D eigenvalue weighted by Gasteiger charge is 2.42. The van der Waals surface area contributed by atoms with E-state index in [2.05, 4.69) is 6.07 Å². The molecule has 0 aliphatic heterocycles. The van der Waals surface area contributed by atoms with Crippen LogP contribution >= 0.6 is 0 Å². The van der Waals surface area contributed by atoms with Crippen LogP contribution in [0.25, 0.3) is 0 Å². The molecule has 0 atom stereocenters. The van der Waals surface area contributed by atoms with Crippen LogP contribution in [0.2, 0.25) is 0 Å². The topological polar surface area (TPSA) is 23.8 Å². The Bertz CT molecular complexity index is 121. The van der Waals surface area contributed by atoms with E-state index in [1.807, 2.05) is 0 Å². The van der Waals surface area contributed by atoms with E-state index in [1.165, 1.54) is 0 Å². The van der Waals surface area contributed by atoms with Crippen LogP contribution in [0.1, 0.15) is 19.3 Å². The second kappa shape index (κ2) is 1.74. The predicted octanol–water partition coefficient (Wildman–Crippen LogP) is 1.65. The summed E-state index contributed by atoms with van der Waals surface area (Å²) < 4.78 is 11.6. The van der Waals surface area contributed by atoms with Gasteiger partial charge < -0.3 is 0 Å². The SMILES string of the molecule is N#CC1(CCF)CC1. The first kappa shape index (κ1) is 5.55. The van der Waals surface area contributed by atoms with Gasteiger partial charge in [-0.05, 0) is 19.3 Å². The Morgan fingerprint density at radius 1 is 1.62 bits per heavy atom. The second-order valence-corrected chi connectivity index (χ2v) is 2.33. The zero-order chi connectivity index (χ0) is 6.04. The number of alkyl halides is 1. The Kier molecular flexibility index (Phi) is 1.21. The molecule has 8 heavy (non-hydrogen) atoms. The average molecular weight is 113 g/mol. The van der Waals surface area contributed by atoms with Crippen LogP contribution in [-0.4, -0.2) is 6.67 Å². The maximum atomic E-state index is 11.6. The van der Waals surface area contributed by atoms with E-state index in [9.17, 15) is 4.39 Å². The molecule has 1 aliphatic carbocycles. The number of nitriles is 1. The van der Waals surface area contributed by atoms with Gasteiger partial charge in [0.1, 0.15) is 0 Å². The van der Waals surface area contributed by atoms with Crippen LogP contribution in [-0.2, 0) is 0 Å². The van der Waals surface area contributed by atoms with E-state index >= 15 is 0 Å². The molecule has 1 nitrogen and oxygen atoms in total. The lowest BCUT2D eigenvalue weighted by molar-refractivity contribution is 0.420. The third kappa shape index (κ3) is 0.812. The van der Waals surface area contributed by atoms with E-state index in [-0.39, 0.29) is 12.1 Å². The predicted molar refractivity (Wildman–Crippen MR) is 27.9 cm³/mol. The average Bonchev–Trinajstić information content (AvgIpc) is 2.50.